The van der Waals surface area contributed by atoms with Crippen molar-refractivity contribution in [2.24, 2.45) is 0 Å². The van der Waals surface area contributed by atoms with E-state index in [2.05, 4.69) is 36.8 Å². The summed E-state index contributed by atoms with van der Waals surface area (Å²) in [7, 11) is 0. The molecule has 0 saturated carbocycles. The third-order valence-corrected chi connectivity index (χ3v) is 10.4. The fourth-order valence-electron chi connectivity index (χ4n) is 3.53. The summed E-state index contributed by atoms with van der Waals surface area (Å²) in [6, 6.07) is 10.7. The predicted octanol–water partition coefficient (Wildman–Crippen LogP) is -2.71. The summed E-state index contributed by atoms with van der Waals surface area (Å²) in [6.45, 7) is 0. The number of carboxylic acid groups (broad SMARTS) is 1. The van der Waals surface area contributed by atoms with Crippen LogP contribution in [0.3, 0.4) is 0 Å². The first kappa shape index (κ1) is 32.1. The number of carbonyl (C=O) groups is 1. The number of hydrogen-bond donors (Lipinski definition) is 1. The van der Waals surface area contributed by atoms with Crippen LogP contribution in [0.25, 0.3) is 33.4 Å². The molecule has 168 valence electrons. The third-order valence-electron chi connectivity index (χ3n) is 4.99. The Balaban J connectivity index is 0.000000584. The van der Waals surface area contributed by atoms with Crippen LogP contribution in [0.1, 0.15) is 10.4 Å². The van der Waals surface area contributed by atoms with Gasteiger partial charge >= 0.3 is 254 Å². The van der Waals surface area contributed by atoms with Crippen LogP contribution >= 0.6 is 43.2 Å². The summed E-state index contributed by atoms with van der Waals surface area (Å²) >= 11 is 5.31. The van der Waals surface area contributed by atoms with Crippen LogP contribution in [0.4, 0.5) is 0 Å². The molecule has 0 atom stereocenters. The quantitative estimate of drug-likeness (QED) is 0.155. The molecule has 3 aromatic rings. The Morgan fingerprint density at radius 3 is 2.39 bits per heavy atom. The molecule has 1 aliphatic carbocycles. The molecule has 0 fully saturated rings. The number of thiazole rings is 1. The molecule has 1 aliphatic heterocycles. The van der Waals surface area contributed by atoms with Crippen LogP contribution in [0.2, 0.25) is 0 Å². The van der Waals surface area contributed by atoms with Gasteiger partial charge in [-0.2, -0.15) is 0 Å². The van der Waals surface area contributed by atoms with E-state index in [1.165, 1.54) is 12.1 Å². The maximum atomic E-state index is 12.5. The Labute approximate surface area is 283 Å². The topological polar surface area (TPSA) is 127 Å². The van der Waals surface area contributed by atoms with Crippen molar-refractivity contribution < 1.29 is 107 Å². The number of carbonyl (C=O) groups excluding carboxylic acids is 1. The second kappa shape index (κ2) is 14.3. The Bertz CT molecular complexity index is 1530. The molecule has 13 heteroatoms. The number of aromatic nitrogens is 1. The summed E-state index contributed by atoms with van der Waals surface area (Å²) in [4.78, 5) is 27.6. The number of benzene rings is 3. The fraction of sp³-hybridized carbons (Fsp3) is 0. The Morgan fingerprint density at radius 1 is 1.08 bits per heavy atom. The molecule has 5 rings (SSSR count). The van der Waals surface area contributed by atoms with Crippen molar-refractivity contribution in [1.29, 1.82) is 0 Å². The minimum absolute atomic E-state index is 0. The maximum absolute atomic E-state index is 12.5. The summed E-state index contributed by atoms with van der Waals surface area (Å²) in [5.41, 5.74) is 2.93. The molecular weight excluding hydrogens is 825 g/mol. The van der Waals surface area contributed by atoms with Crippen LogP contribution < -0.4 is 77.8 Å². The first-order valence-corrected chi connectivity index (χ1v) is 17.4. The van der Waals surface area contributed by atoms with Crippen LogP contribution in [0.5, 0.6) is 5.75 Å². The largest absolute Gasteiger partial charge is 1.00 e. The van der Waals surface area contributed by atoms with Crippen molar-refractivity contribution in [3.63, 3.8) is 0 Å². The zero-order valence-electron chi connectivity index (χ0n) is 19.1. The Kier molecular flexibility index (Phi) is 12.8. The van der Waals surface area contributed by atoms with Crippen LogP contribution in [0, 0.1) is 0 Å². The third kappa shape index (κ3) is 6.71. The summed E-state index contributed by atoms with van der Waals surface area (Å²) in [6.07, 6.45) is 1.77. The number of fused-ring (bicyclic) bond motifs is 2. The zero-order chi connectivity index (χ0) is 24.4. The number of rotatable bonds is 3. The van der Waals surface area contributed by atoms with E-state index < -0.39 is 31.0 Å². The zero-order valence-corrected chi connectivity index (χ0v) is 32.6. The van der Waals surface area contributed by atoms with Gasteiger partial charge in [-0.15, -0.1) is 11.3 Å². The van der Waals surface area contributed by atoms with E-state index >= 15 is 0 Å². The monoisotopic (exact) mass is 835 g/mol. The molecule has 2 heterocycles. The van der Waals surface area contributed by atoms with E-state index in [0.717, 1.165) is 0 Å². The first-order valence-electron chi connectivity index (χ1n) is 9.65. The number of hydrogen-bond acceptors (Lipinski definition) is 8. The summed E-state index contributed by atoms with van der Waals surface area (Å²) in [5, 5.41) is 26.7. The molecule has 7 nitrogen and oxygen atoms in total. The number of carboxylic acids is 1. The maximum Gasteiger partial charge on any atom is 1.00 e. The molecule has 0 bridgehead atoms. The number of halogens is 2. The van der Waals surface area contributed by atoms with Crippen molar-refractivity contribution in [1.82, 2.24) is 4.98 Å². The van der Waals surface area contributed by atoms with Gasteiger partial charge in [0.1, 0.15) is 0 Å². The SMILES string of the molecule is O=C([O-])c1ccccc1-c1c2cc(Br)c(=O)cc-2oc2[c]([Hg][OH])c([O-])c(Br)cc12.[Na+].[Na+].c1cscn1. The average Bonchev–Trinajstić information content (AvgIpc) is 3.40. The van der Waals surface area contributed by atoms with E-state index in [1.54, 1.807) is 53.4 Å². The molecule has 0 amide bonds. The Hall–Kier alpha value is -0.115. The van der Waals surface area contributed by atoms with Crippen LogP contribution in [0.15, 0.2) is 77.7 Å². The van der Waals surface area contributed by atoms with E-state index in [4.69, 9.17) is 4.42 Å². The van der Waals surface area contributed by atoms with Crippen LogP contribution in [-0.4, -0.2) is 14.0 Å². The molecule has 1 aromatic heterocycles. The van der Waals surface area contributed by atoms with Gasteiger partial charge in [0.05, 0.1) is 5.51 Å². The van der Waals surface area contributed by atoms with E-state index in [-0.39, 0.29) is 99.2 Å². The number of nitrogens with zero attached hydrogens (tertiary/aromatic N) is 1. The van der Waals surface area contributed by atoms with E-state index in [0.29, 0.717) is 22.1 Å². The van der Waals surface area contributed by atoms with Gasteiger partial charge in [-0.1, -0.05) is 0 Å². The van der Waals surface area contributed by atoms with Crippen molar-refractivity contribution >= 4 is 63.2 Å². The van der Waals surface area contributed by atoms with Gasteiger partial charge < -0.3 is 0 Å². The minimum Gasteiger partial charge on any atom is -0.253 e. The second-order valence-electron chi connectivity index (χ2n) is 6.97. The fourth-order valence-corrected chi connectivity index (χ4v) is 8.57. The smallest absolute Gasteiger partial charge is 0.253 e. The average molecular weight is 836 g/mol. The molecular formula is C23H11Br2HgNNa2O6S. The summed E-state index contributed by atoms with van der Waals surface area (Å²) in [5.74, 6) is -1.52. The molecule has 2 aliphatic rings. The van der Waals surface area contributed by atoms with E-state index in [9.17, 15) is 22.8 Å². The second-order valence-corrected chi connectivity index (χ2v) is 13.4. The van der Waals surface area contributed by atoms with Gasteiger partial charge in [0.15, 0.2) is 0 Å². The van der Waals surface area contributed by atoms with Crippen molar-refractivity contribution in [2.45, 2.75) is 0 Å². The Morgan fingerprint density at radius 2 is 1.81 bits per heavy atom. The number of aromatic carboxylic acids is 1. The minimum atomic E-state index is -2.75. The molecule has 0 spiro atoms. The summed E-state index contributed by atoms with van der Waals surface area (Å²) < 4.78 is 16.6. The standard InChI is InChI=1S/C20H9Br2O5.C3H3NS.Hg.2Na.H2O/c21-13-5-11-17(7-15(13)23)27-18-8-16(24)14(22)6-12(18)19(11)9-3-1-2-4-10(9)20(25)26;1-2-5-3-4-1;;;;/h1-7,24H,(H,25,26);1-3H;;;;1H2/q;;3*+1;/p-3. The molecule has 0 unspecified atom stereocenters. The first-order chi connectivity index (χ1) is 16.3. The van der Waals surface area contributed by atoms with Crippen molar-refractivity contribution in [3.05, 3.63) is 84.3 Å². The molecule has 2 aromatic carbocycles. The normalized spacial score (nSPS) is 9.97. The van der Waals surface area contributed by atoms with Gasteiger partial charge in [-0.05, 0) is 0 Å². The van der Waals surface area contributed by atoms with Gasteiger partial charge in [0, 0.05) is 11.6 Å². The van der Waals surface area contributed by atoms with Crippen LogP contribution in [-0.2, 0) is 25.0 Å². The van der Waals surface area contributed by atoms with Gasteiger partial charge in [-0.3, -0.25) is 4.98 Å². The van der Waals surface area contributed by atoms with E-state index in [1.807, 2.05) is 5.38 Å². The van der Waals surface area contributed by atoms with Crippen molar-refractivity contribution in [2.75, 3.05) is 0 Å². The molecule has 1 N–H and O–H groups in total. The molecule has 36 heavy (non-hydrogen) atoms. The molecule has 0 saturated heterocycles. The van der Waals surface area contributed by atoms with Gasteiger partial charge in [0.2, 0.25) is 0 Å². The van der Waals surface area contributed by atoms with Crippen molar-refractivity contribution in [3.8, 4) is 28.2 Å². The molecule has 0 radical (unpaired) electrons. The predicted molar refractivity (Wildman–Crippen MR) is 128 cm³/mol. The van der Waals surface area contributed by atoms with Gasteiger partial charge in [0.25, 0.3) is 0 Å². The van der Waals surface area contributed by atoms with Gasteiger partial charge in [-0.25, -0.2) is 0 Å².